The van der Waals surface area contributed by atoms with Crippen LogP contribution in [0.1, 0.15) is 33.3 Å². The van der Waals surface area contributed by atoms with Gasteiger partial charge >= 0.3 is 0 Å². The first kappa shape index (κ1) is 15.0. The third-order valence-corrected chi connectivity index (χ3v) is 3.69. The van der Waals surface area contributed by atoms with Gasteiger partial charge < -0.3 is 10.1 Å². The standard InChI is InChI=1S/C15H24FNO/c1-11(2)15(3,4)10-17-9-12-6-7-14(18-5)13(16)8-12/h6-8,11,17H,9-10H2,1-5H3. The van der Waals surface area contributed by atoms with E-state index >= 15 is 0 Å². The Labute approximate surface area is 110 Å². The fraction of sp³-hybridized carbons (Fsp3) is 0.600. The van der Waals surface area contributed by atoms with Crippen LogP contribution in [0, 0.1) is 17.2 Å². The Morgan fingerprint density at radius 3 is 2.50 bits per heavy atom. The Morgan fingerprint density at radius 1 is 1.33 bits per heavy atom. The van der Waals surface area contributed by atoms with E-state index in [0.717, 1.165) is 12.1 Å². The molecule has 0 aliphatic heterocycles. The first-order valence-corrected chi connectivity index (χ1v) is 6.40. The summed E-state index contributed by atoms with van der Waals surface area (Å²) in [5.74, 6) is 0.596. The van der Waals surface area contributed by atoms with Crippen molar-refractivity contribution in [2.45, 2.75) is 34.2 Å². The summed E-state index contributed by atoms with van der Waals surface area (Å²) in [4.78, 5) is 0. The van der Waals surface area contributed by atoms with E-state index in [1.165, 1.54) is 13.2 Å². The molecule has 0 aliphatic rings. The fourth-order valence-electron chi connectivity index (χ4n) is 1.55. The van der Waals surface area contributed by atoms with Crippen molar-refractivity contribution in [1.29, 1.82) is 0 Å². The molecule has 0 aliphatic carbocycles. The second kappa shape index (κ2) is 6.19. The van der Waals surface area contributed by atoms with Crippen molar-refractivity contribution in [1.82, 2.24) is 5.32 Å². The Hall–Kier alpha value is -1.09. The van der Waals surface area contributed by atoms with E-state index in [0.29, 0.717) is 18.2 Å². The summed E-state index contributed by atoms with van der Waals surface area (Å²) in [6.07, 6.45) is 0. The van der Waals surface area contributed by atoms with E-state index in [2.05, 4.69) is 33.0 Å². The predicted molar refractivity (Wildman–Crippen MR) is 73.3 cm³/mol. The number of hydrogen-bond acceptors (Lipinski definition) is 2. The Bertz CT molecular complexity index is 388. The highest BCUT2D eigenvalue weighted by molar-refractivity contribution is 5.29. The van der Waals surface area contributed by atoms with E-state index < -0.39 is 0 Å². The van der Waals surface area contributed by atoms with E-state index in [-0.39, 0.29) is 11.2 Å². The minimum Gasteiger partial charge on any atom is -0.494 e. The fourth-order valence-corrected chi connectivity index (χ4v) is 1.55. The molecule has 1 rings (SSSR count). The molecule has 0 saturated heterocycles. The molecule has 2 nitrogen and oxygen atoms in total. The Balaban J connectivity index is 2.52. The monoisotopic (exact) mass is 253 g/mol. The van der Waals surface area contributed by atoms with Crippen molar-refractivity contribution < 1.29 is 9.13 Å². The van der Waals surface area contributed by atoms with Crippen molar-refractivity contribution in [2.75, 3.05) is 13.7 Å². The zero-order chi connectivity index (χ0) is 13.8. The normalized spacial score (nSPS) is 11.9. The van der Waals surface area contributed by atoms with Gasteiger partial charge in [0.25, 0.3) is 0 Å². The summed E-state index contributed by atoms with van der Waals surface area (Å²) in [6, 6.07) is 5.07. The van der Waals surface area contributed by atoms with Gasteiger partial charge in [-0.1, -0.05) is 33.8 Å². The molecule has 0 fully saturated rings. The summed E-state index contributed by atoms with van der Waals surface area (Å²) >= 11 is 0. The predicted octanol–water partition coefficient (Wildman–Crippen LogP) is 3.61. The van der Waals surface area contributed by atoms with Gasteiger partial charge in [-0.2, -0.15) is 0 Å². The summed E-state index contributed by atoms with van der Waals surface area (Å²) in [6.45, 7) is 10.5. The highest BCUT2D eigenvalue weighted by Crippen LogP contribution is 2.25. The lowest BCUT2D eigenvalue weighted by Gasteiger charge is -2.29. The van der Waals surface area contributed by atoms with Gasteiger partial charge in [0, 0.05) is 13.1 Å². The van der Waals surface area contributed by atoms with Crippen LogP contribution in [0.25, 0.3) is 0 Å². The number of rotatable bonds is 6. The van der Waals surface area contributed by atoms with Crippen LogP contribution in [0.5, 0.6) is 5.75 Å². The number of halogens is 1. The molecular weight excluding hydrogens is 229 g/mol. The van der Waals surface area contributed by atoms with Gasteiger partial charge in [0.05, 0.1) is 7.11 Å². The molecular formula is C15H24FNO. The van der Waals surface area contributed by atoms with Crippen LogP contribution in [0.15, 0.2) is 18.2 Å². The zero-order valence-corrected chi connectivity index (χ0v) is 12.0. The van der Waals surface area contributed by atoms with Crippen LogP contribution in [0.4, 0.5) is 4.39 Å². The molecule has 0 unspecified atom stereocenters. The molecule has 0 amide bonds. The minimum absolute atomic E-state index is 0.241. The third-order valence-electron chi connectivity index (χ3n) is 3.69. The zero-order valence-electron chi connectivity index (χ0n) is 12.0. The molecule has 0 radical (unpaired) electrons. The van der Waals surface area contributed by atoms with Gasteiger partial charge in [0.1, 0.15) is 0 Å². The molecule has 0 aromatic heterocycles. The van der Waals surface area contributed by atoms with Gasteiger partial charge in [-0.15, -0.1) is 0 Å². The minimum atomic E-state index is -0.306. The quantitative estimate of drug-likeness (QED) is 0.836. The highest BCUT2D eigenvalue weighted by Gasteiger charge is 2.21. The molecule has 0 heterocycles. The van der Waals surface area contributed by atoms with Crippen molar-refractivity contribution in [3.05, 3.63) is 29.6 Å². The maximum atomic E-state index is 13.5. The second-order valence-electron chi connectivity index (χ2n) is 5.72. The Kier molecular flexibility index (Phi) is 5.15. The largest absolute Gasteiger partial charge is 0.494 e. The first-order chi connectivity index (χ1) is 8.36. The van der Waals surface area contributed by atoms with Crippen molar-refractivity contribution in [2.24, 2.45) is 11.3 Å². The summed E-state index contributed by atoms with van der Waals surface area (Å²) in [5.41, 5.74) is 1.18. The molecule has 18 heavy (non-hydrogen) atoms. The molecule has 0 atom stereocenters. The molecule has 1 aromatic carbocycles. The SMILES string of the molecule is COc1ccc(CNCC(C)(C)C(C)C)cc1F. The van der Waals surface area contributed by atoms with E-state index in [1.807, 2.05) is 6.07 Å². The average Bonchev–Trinajstić information content (AvgIpc) is 2.29. The molecule has 0 saturated carbocycles. The van der Waals surface area contributed by atoms with Gasteiger partial charge in [0.15, 0.2) is 11.6 Å². The van der Waals surface area contributed by atoms with Crippen LogP contribution >= 0.6 is 0 Å². The molecule has 0 bridgehead atoms. The van der Waals surface area contributed by atoms with Crippen LogP contribution in [0.3, 0.4) is 0 Å². The molecule has 3 heteroatoms. The number of nitrogens with one attached hydrogen (secondary N) is 1. The van der Waals surface area contributed by atoms with Crippen LogP contribution in [0.2, 0.25) is 0 Å². The van der Waals surface area contributed by atoms with Gasteiger partial charge in [-0.3, -0.25) is 0 Å². The highest BCUT2D eigenvalue weighted by atomic mass is 19.1. The van der Waals surface area contributed by atoms with E-state index in [4.69, 9.17) is 4.74 Å². The summed E-state index contributed by atoms with van der Waals surface area (Å²) in [7, 11) is 1.47. The lowest BCUT2D eigenvalue weighted by molar-refractivity contribution is 0.238. The summed E-state index contributed by atoms with van der Waals surface area (Å²) < 4.78 is 18.4. The average molecular weight is 253 g/mol. The van der Waals surface area contributed by atoms with Gasteiger partial charge in [-0.25, -0.2) is 4.39 Å². The van der Waals surface area contributed by atoms with Crippen molar-refractivity contribution in [3.63, 3.8) is 0 Å². The summed E-state index contributed by atoms with van der Waals surface area (Å²) in [5, 5.41) is 3.38. The van der Waals surface area contributed by atoms with Gasteiger partial charge in [-0.05, 0) is 29.0 Å². The molecule has 1 aromatic rings. The van der Waals surface area contributed by atoms with Gasteiger partial charge in [0.2, 0.25) is 0 Å². The molecule has 102 valence electrons. The maximum absolute atomic E-state index is 13.5. The third kappa shape index (κ3) is 3.98. The molecule has 0 spiro atoms. The number of benzene rings is 1. The van der Waals surface area contributed by atoms with Crippen molar-refractivity contribution >= 4 is 0 Å². The van der Waals surface area contributed by atoms with Crippen LogP contribution in [-0.2, 0) is 6.54 Å². The lowest BCUT2D eigenvalue weighted by atomic mass is 9.81. The number of hydrogen-bond donors (Lipinski definition) is 1. The maximum Gasteiger partial charge on any atom is 0.165 e. The topological polar surface area (TPSA) is 21.3 Å². The number of ether oxygens (including phenoxy) is 1. The van der Waals surface area contributed by atoms with E-state index in [1.54, 1.807) is 6.07 Å². The first-order valence-electron chi connectivity index (χ1n) is 6.40. The molecule has 1 N–H and O–H groups in total. The smallest absolute Gasteiger partial charge is 0.165 e. The number of methoxy groups -OCH3 is 1. The van der Waals surface area contributed by atoms with Crippen LogP contribution < -0.4 is 10.1 Å². The van der Waals surface area contributed by atoms with Crippen LogP contribution in [-0.4, -0.2) is 13.7 Å². The second-order valence-corrected chi connectivity index (χ2v) is 5.72. The lowest BCUT2D eigenvalue weighted by Crippen LogP contribution is -2.33. The van der Waals surface area contributed by atoms with Crippen molar-refractivity contribution in [3.8, 4) is 5.75 Å². The Morgan fingerprint density at radius 2 is 2.00 bits per heavy atom. The van der Waals surface area contributed by atoms with E-state index in [9.17, 15) is 4.39 Å².